The highest BCUT2D eigenvalue weighted by molar-refractivity contribution is 6.36. The lowest BCUT2D eigenvalue weighted by Gasteiger charge is -2.39. The fourth-order valence-corrected chi connectivity index (χ4v) is 3.45. The second kappa shape index (κ2) is 6.32. The number of primary amides is 1. The summed E-state index contributed by atoms with van der Waals surface area (Å²) in [6.07, 6.45) is 1.25. The highest BCUT2D eigenvalue weighted by atomic mass is 35.5. The second-order valence-corrected chi connectivity index (χ2v) is 6.77. The summed E-state index contributed by atoms with van der Waals surface area (Å²) in [6.45, 7) is 1.92. The van der Waals surface area contributed by atoms with Crippen molar-refractivity contribution in [1.29, 1.82) is 0 Å². The fraction of sp³-hybridized carbons (Fsp3) is 0.333. The maximum Gasteiger partial charge on any atom is 0.321 e. The number of carbonyl (C=O) groups is 2. The van der Waals surface area contributed by atoms with Crippen LogP contribution >= 0.6 is 11.6 Å². The molecule has 0 heterocycles. The molecule has 0 aliphatic heterocycles. The zero-order valence-corrected chi connectivity index (χ0v) is 14.4. The minimum absolute atomic E-state index is 0.0429. The van der Waals surface area contributed by atoms with E-state index in [1.807, 2.05) is 37.3 Å². The lowest BCUT2D eigenvalue weighted by atomic mass is 9.79. The molecule has 0 bridgehead atoms. The quantitative estimate of drug-likeness (QED) is 0.892. The highest BCUT2D eigenvalue weighted by Crippen LogP contribution is 2.34. The first-order chi connectivity index (χ1) is 11.4. The van der Waals surface area contributed by atoms with Gasteiger partial charge in [0.05, 0.1) is 5.69 Å². The number of benzene rings is 2. The van der Waals surface area contributed by atoms with Crippen molar-refractivity contribution in [3.8, 4) is 0 Å². The summed E-state index contributed by atoms with van der Waals surface area (Å²) in [5.41, 5.74) is 6.95. The summed E-state index contributed by atoms with van der Waals surface area (Å²) in [5.74, 6) is -0.414. The van der Waals surface area contributed by atoms with Crippen LogP contribution in [0.5, 0.6) is 0 Å². The Morgan fingerprint density at radius 3 is 2.50 bits per heavy atom. The molecule has 2 aromatic carbocycles. The van der Waals surface area contributed by atoms with Crippen LogP contribution in [0, 0.1) is 12.8 Å². The van der Waals surface area contributed by atoms with Gasteiger partial charge in [0.15, 0.2) is 0 Å². The van der Waals surface area contributed by atoms with Gasteiger partial charge >= 0.3 is 6.03 Å². The molecule has 2 aromatic rings. The van der Waals surface area contributed by atoms with Crippen molar-refractivity contribution in [3.05, 3.63) is 40.9 Å². The second-order valence-electron chi connectivity index (χ2n) is 6.36. The first-order valence-corrected chi connectivity index (χ1v) is 8.27. The average Bonchev–Trinajstić information content (AvgIpc) is 2.49. The molecule has 1 saturated carbocycles. The van der Waals surface area contributed by atoms with Gasteiger partial charge in [0.1, 0.15) is 0 Å². The molecule has 24 heavy (non-hydrogen) atoms. The summed E-state index contributed by atoms with van der Waals surface area (Å²) in [7, 11) is 1.74. The van der Waals surface area contributed by atoms with Crippen molar-refractivity contribution >= 4 is 40.0 Å². The van der Waals surface area contributed by atoms with Crippen LogP contribution in [-0.4, -0.2) is 29.9 Å². The van der Waals surface area contributed by atoms with Gasteiger partial charge in [0.25, 0.3) is 0 Å². The van der Waals surface area contributed by atoms with Gasteiger partial charge in [-0.3, -0.25) is 4.79 Å². The number of nitrogens with zero attached hydrogens (tertiary/aromatic N) is 1. The molecule has 0 unspecified atom stereocenters. The summed E-state index contributed by atoms with van der Waals surface area (Å²) in [5, 5.41) is 5.46. The molecule has 1 aliphatic rings. The minimum Gasteiger partial charge on any atom is -0.369 e. The lowest BCUT2D eigenvalue weighted by Crippen LogP contribution is -2.50. The van der Waals surface area contributed by atoms with Gasteiger partial charge in [-0.1, -0.05) is 35.9 Å². The predicted octanol–water partition coefficient (Wildman–Crippen LogP) is 3.53. The predicted molar refractivity (Wildman–Crippen MR) is 96.2 cm³/mol. The first kappa shape index (κ1) is 16.6. The lowest BCUT2D eigenvalue weighted by molar-refractivity contribution is -0.125. The number of anilines is 1. The van der Waals surface area contributed by atoms with Crippen LogP contribution in [0.2, 0.25) is 5.02 Å². The molecule has 3 rings (SSSR count). The van der Waals surface area contributed by atoms with E-state index in [1.54, 1.807) is 11.9 Å². The van der Waals surface area contributed by atoms with E-state index < -0.39 is 0 Å². The molecule has 0 saturated heterocycles. The van der Waals surface area contributed by atoms with Gasteiger partial charge in [0.2, 0.25) is 5.91 Å². The van der Waals surface area contributed by atoms with Crippen molar-refractivity contribution in [3.63, 3.8) is 0 Å². The molecule has 5 nitrogen and oxygen atoms in total. The van der Waals surface area contributed by atoms with Crippen LogP contribution in [0.4, 0.5) is 10.5 Å². The maximum absolute atomic E-state index is 12.6. The third-order valence-corrected chi connectivity index (χ3v) is 5.12. The Balaban J connectivity index is 1.80. The Morgan fingerprint density at radius 2 is 1.88 bits per heavy atom. The Morgan fingerprint density at radius 1 is 1.25 bits per heavy atom. The average molecular weight is 346 g/mol. The molecule has 0 radical (unpaired) electrons. The van der Waals surface area contributed by atoms with Gasteiger partial charge in [-0.15, -0.1) is 0 Å². The Bertz CT molecular complexity index is 815. The number of halogens is 1. The number of hydrogen-bond acceptors (Lipinski definition) is 2. The number of carbonyl (C=O) groups excluding carboxylic acids is 2. The number of nitrogens with one attached hydrogen (secondary N) is 1. The Labute approximate surface area is 145 Å². The van der Waals surface area contributed by atoms with Gasteiger partial charge in [-0.2, -0.15) is 0 Å². The number of aryl methyl sites for hydroxylation is 1. The summed E-state index contributed by atoms with van der Waals surface area (Å²) in [4.78, 5) is 25.3. The molecule has 0 aromatic heterocycles. The van der Waals surface area contributed by atoms with Crippen LogP contribution in [0.25, 0.3) is 10.8 Å². The molecule has 3 N–H and O–H groups in total. The third-order valence-electron chi connectivity index (χ3n) is 4.81. The normalized spacial score (nSPS) is 19.6. The molecule has 3 amide bonds. The molecule has 126 valence electrons. The van der Waals surface area contributed by atoms with Crippen molar-refractivity contribution < 1.29 is 9.59 Å². The van der Waals surface area contributed by atoms with Crippen LogP contribution in [0.3, 0.4) is 0 Å². The van der Waals surface area contributed by atoms with Crippen LogP contribution in [0.15, 0.2) is 30.3 Å². The van der Waals surface area contributed by atoms with E-state index in [0.717, 1.165) is 22.0 Å². The third kappa shape index (κ3) is 2.91. The number of fused-ring (bicyclic) bond motifs is 1. The maximum atomic E-state index is 12.6. The summed E-state index contributed by atoms with van der Waals surface area (Å²) in [6, 6.07) is 9.41. The number of urea groups is 1. The zero-order chi connectivity index (χ0) is 17.4. The zero-order valence-electron chi connectivity index (χ0n) is 13.7. The highest BCUT2D eigenvalue weighted by Gasteiger charge is 2.37. The fourth-order valence-electron chi connectivity index (χ4n) is 3.13. The van der Waals surface area contributed by atoms with E-state index in [0.29, 0.717) is 17.9 Å². The molecule has 1 aliphatic carbocycles. The van der Waals surface area contributed by atoms with E-state index in [2.05, 4.69) is 5.32 Å². The monoisotopic (exact) mass is 345 g/mol. The summed E-state index contributed by atoms with van der Waals surface area (Å²) >= 11 is 6.29. The molecular weight excluding hydrogens is 326 g/mol. The van der Waals surface area contributed by atoms with Crippen molar-refractivity contribution in [2.75, 3.05) is 12.4 Å². The number of hydrogen-bond donors (Lipinski definition) is 2. The van der Waals surface area contributed by atoms with E-state index in [4.69, 9.17) is 17.3 Å². The smallest absolute Gasteiger partial charge is 0.321 e. The van der Waals surface area contributed by atoms with E-state index in [9.17, 15) is 9.59 Å². The number of nitrogens with two attached hydrogens (primary N) is 1. The van der Waals surface area contributed by atoms with E-state index >= 15 is 0 Å². The van der Waals surface area contributed by atoms with Gasteiger partial charge < -0.3 is 16.0 Å². The summed E-state index contributed by atoms with van der Waals surface area (Å²) < 4.78 is 0. The Kier molecular flexibility index (Phi) is 4.37. The largest absolute Gasteiger partial charge is 0.369 e. The molecule has 6 heteroatoms. The Hall–Kier alpha value is -2.27. The van der Waals surface area contributed by atoms with Crippen molar-refractivity contribution in [1.82, 2.24) is 4.90 Å². The van der Waals surface area contributed by atoms with Crippen LogP contribution < -0.4 is 11.1 Å². The first-order valence-electron chi connectivity index (χ1n) is 7.89. The van der Waals surface area contributed by atoms with Gasteiger partial charge in [-0.05, 0) is 31.4 Å². The molecule has 0 atom stereocenters. The van der Waals surface area contributed by atoms with Gasteiger partial charge in [0, 0.05) is 34.8 Å². The molecule has 0 spiro atoms. The van der Waals surface area contributed by atoms with Crippen LogP contribution in [0.1, 0.15) is 18.4 Å². The van der Waals surface area contributed by atoms with Crippen molar-refractivity contribution in [2.24, 2.45) is 11.7 Å². The van der Waals surface area contributed by atoms with Crippen molar-refractivity contribution in [2.45, 2.75) is 25.8 Å². The minimum atomic E-state index is -0.292. The SMILES string of the molecule is Cc1cc(Cl)c2ccccc2c1NC(=O)N(C)C1CC(C(N)=O)C1. The standard InChI is InChI=1S/C18H20ClN3O2/c1-10-7-15(19)13-5-3-4-6-14(13)16(10)21-18(24)22(2)12-8-11(9-12)17(20)23/h3-7,11-12H,8-9H2,1-2H3,(H2,20,23)(H,21,24). The van der Waals surface area contributed by atoms with E-state index in [-0.39, 0.29) is 23.9 Å². The topological polar surface area (TPSA) is 75.4 Å². The molecular formula is C18H20ClN3O2. The number of rotatable bonds is 3. The van der Waals surface area contributed by atoms with E-state index in [1.165, 1.54) is 0 Å². The van der Waals surface area contributed by atoms with Crippen LogP contribution in [-0.2, 0) is 4.79 Å². The molecule has 1 fully saturated rings. The number of amides is 3. The van der Waals surface area contributed by atoms with Gasteiger partial charge in [-0.25, -0.2) is 4.79 Å².